The number of nitro benzene ring substituents is 1. The Morgan fingerprint density at radius 1 is 1.20 bits per heavy atom. The number of halogens is 1. The lowest BCUT2D eigenvalue weighted by Gasteiger charge is -2.10. The molecule has 0 aliphatic rings. The minimum Gasteiger partial charge on any atom is -0.392 e. The van der Waals surface area contributed by atoms with Crippen LogP contribution in [0.5, 0.6) is 0 Å². The van der Waals surface area contributed by atoms with Crippen LogP contribution in [-0.2, 0) is 13.2 Å². The van der Waals surface area contributed by atoms with Crippen molar-refractivity contribution >= 4 is 11.4 Å². The van der Waals surface area contributed by atoms with E-state index in [1.807, 2.05) is 0 Å². The minimum absolute atomic E-state index is 0.114. The van der Waals surface area contributed by atoms with Crippen LogP contribution in [0.1, 0.15) is 11.1 Å². The summed E-state index contributed by atoms with van der Waals surface area (Å²) in [4.78, 5) is 10.3. The van der Waals surface area contributed by atoms with Gasteiger partial charge in [0.25, 0.3) is 5.69 Å². The number of rotatable bonds is 5. The maximum atomic E-state index is 13.2. The summed E-state index contributed by atoms with van der Waals surface area (Å²) in [6.45, 7) is 0.143. The summed E-state index contributed by atoms with van der Waals surface area (Å²) in [6, 6.07) is 10.4. The summed E-state index contributed by atoms with van der Waals surface area (Å²) in [5.41, 5.74) is 1.45. The molecule has 0 heterocycles. The zero-order chi connectivity index (χ0) is 14.5. The number of aliphatic hydroxyl groups is 1. The van der Waals surface area contributed by atoms with Crippen LogP contribution in [0.4, 0.5) is 15.8 Å². The molecule has 0 fully saturated rings. The summed E-state index contributed by atoms with van der Waals surface area (Å²) < 4.78 is 13.2. The average Bonchev–Trinajstić information content (AvgIpc) is 2.45. The number of hydrogen-bond donors (Lipinski definition) is 2. The van der Waals surface area contributed by atoms with Crippen LogP contribution in [0.25, 0.3) is 0 Å². The van der Waals surface area contributed by atoms with Gasteiger partial charge in [-0.25, -0.2) is 4.39 Å². The van der Waals surface area contributed by atoms with Crippen molar-refractivity contribution < 1.29 is 14.4 Å². The SMILES string of the molecule is O=[N+]([O-])c1ccc(F)cc1NCc1ccccc1CO. The number of hydrogen-bond acceptors (Lipinski definition) is 4. The summed E-state index contributed by atoms with van der Waals surface area (Å²) >= 11 is 0. The summed E-state index contributed by atoms with van der Waals surface area (Å²) in [5.74, 6) is -0.548. The van der Waals surface area contributed by atoms with E-state index in [9.17, 15) is 19.6 Å². The number of nitrogens with zero attached hydrogens (tertiary/aromatic N) is 1. The van der Waals surface area contributed by atoms with Gasteiger partial charge >= 0.3 is 0 Å². The molecule has 0 bridgehead atoms. The Morgan fingerprint density at radius 3 is 2.55 bits per heavy atom. The lowest BCUT2D eigenvalue weighted by Crippen LogP contribution is -2.05. The molecule has 0 spiro atoms. The van der Waals surface area contributed by atoms with Gasteiger partial charge in [-0.05, 0) is 17.2 Å². The van der Waals surface area contributed by atoms with Crippen molar-refractivity contribution in [1.29, 1.82) is 0 Å². The van der Waals surface area contributed by atoms with Gasteiger partial charge in [0.15, 0.2) is 0 Å². The molecule has 0 unspecified atom stereocenters. The monoisotopic (exact) mass is 276 g/mol. The molecular weight excluding hydrogens is 263 g/mol. The predicted octanol–water partition coefficient (Wildman–Crippen LogP) is 2.84. The highest BCUT2D eigenvalue weighted by Gasteiger charge is 2.14. The van der Waals surface area contributed by atoms with Crippen LogP contribution < -0.4 is 5.32 Å². The van der Waals surface area contributed by atoms with Crippen LogP contribution in [0, 0.1) is 15.9 Å². The molecule has 2 N–H and O–H groups in total. The Kier molecular flexibility index (Phi) is 4.27. The molecule has 0 saturated heterocycles. The van der Waals surface area contributed by atoms with Crippen LogP contribution in [0.2, 0.25) is 0 Å². The van der Waals surface area contributed by atoms with Crippen LogP contribution in [0.3, 0.4) is 0 Å². The summed E-state index contributed by atoms with van der Waals surface area (Å²) in [7, 11) is 0. The fourth-order valence-corrected chi connectivity index (χ4v) is 1.88. The van der Waals surface area contributed by atoms with Crippen molar-refractivity contribution in [3.8, 4) is 0 Å². The Hall–Kier alpha value is -2.47. The van der Waals surface area contributed by atoms with E-state index in [-0.39, 0.29) is 24.5 Å². The van der Waals surface area contributed by atoms with Crippen LogP contribution in [0.15, 0.2) is 42.5 Å². The molecule has 0 radical (unpaired) electrons. The van der Waals surface area contributed by atoms with E-state index in [0.717, 1.165) is 29.3 Å². The zero-order valence-corrected chi connectivity index (χ0v) is 10.5. The zero-order valence-electron chi connectivity index (χ0n) is 10.5. The highest BCUT2D eigenvalue weighted by atomic mass is 19.1. The molecule has 0 saturated carbocycles. The first-order valence-corrected chi connectivity index (χ1v) is 5.97. The van der Waals surface area contributed by atoms with Gasteiger partial charge in [-0.1, -0.05) is 24.3 Å². The van der Waals surface area contributed by atoms with E-state index in [1.54, 1.807) is 24.3 Å². The molecule has 104 valence electrons. The van der Waals surface area contributed by atoms with Crippen molar-refractivity contribution in [3.63, 3.8) is 0 Å². The smallest absolute Gasteiger partial charge is 0.292 e. The van der Waals surface area contributed by atoms with E-state index in [2.05, 4.69) is 5.32 Å². The first-order chi connectivity index (χ1) is 9.61. The van der Waals surface area contributed by atoms with Gasteiger partial charge in [-0.15, -0.1) is 0 Å². The normalized spacial score (nSPS) is 10.3. The van der Waals surface area contributed by atoms with Gasteiger partial charge in [0.05, 0.1) is 11.5 Å². The van der Waals surface area contributed by atoms with E-state index in [0.29, 0.717) is 0 Å². The largest absolute Gasteiger partial charge is 0.392 e. The fourth-order valence-electron chi connectivity index (χ4n) is 1.88. The molecule has 2 aromatic carbocycles. The predicted molar refractivity (Wildman–Crippen MR) is 72.7 cm³/mol. The van der Waals surface area contributed by atoms with E-state index in [1.165, 1.54) is 0 Å². The highest BCUT2D eigenvalue weighted by Crippen LogP contribution is 2.25. The van der Waals surface area contributed by atoms with Gasteiger partial charge in [0, 0.05) is 18.7 Å². The van der Waals surface area contributed by atoms with Gasteiger partial charge in [-0.2, -0.15) is 0 Å². The molecule has 0 aliphatic heterocycles. The molecule has 0 aliphatic carbocycles. The second-order valence-electron chi connectivity index (χ2n) is 4.20. The van der Waals surface area contributed by atoms with Gasteiger partial charge in [-0.3, -0.25) is 10.1 Å². The summed E-state index contributed by atoms with van der Waals surface area (Å²) in [6.07, 6.45) is 0. The van der Waals surface area contributed by atoms with E-state index < -0.39 is 10.7 Å². The standard InChI is InChI=1S/C14H13FN2O3/c15-12-5-6-14(17(19)20)13(7-12)16-8-10-3-1-2-4-11(10)9-18/h1-7,16,18H,8-9H2. The van der Waals surface area contributed by atoms with E-state index >= 15 is 0 Å². The topological polar surface area (TPSA) is 75.4 Å². The molecule has 0 atom stereocenters. The number of benzene rings is 2. The second kappa shape index (κ2) is 6.12. The van der Waals surface area contributed by atoms with Crippen molar-refractivity contribution in [1.82, 2.24) is 0 Å². The molecular formula is C14H13FN2O3. The Morgan fingerprint density at radius 2 is 1.90 bits per heavy atom. The number of nitrogens with one attached hydrogen (secondary N) is 1. The third-order valence-corrected chi connectivity index (χ3v) is 2.91. The second-order valence-corrected chi connectivity index (χ2v) is 4.20. The maximum Gasteiger partial charge on any atom is 0.292 e. The van der Waals surface area contributed by atoms with Crippen molar-refractivity contribution in [2.24, 2.45) is 0 Å². The number of aliphatic hydroxyl groups excluding tert-OH is 1. The number of anilines is 1. The Balaban J connectivity index is 2.22. The average molecular weight is 276 g/mol. The molecule has 5 nitrogen and oxygen atoms in total. The van der Waals surface area contributed by atoms with Crippen LogP contribution in [-0.4, -0.2) is 10.0 Å². The van der Waals surface area contributed by atoms with Gasteiger partial charge in [0.2, 0.25) is 0 Å². The minimum atomic E-state index is -0.570. The molecule has 2 rings (SSSR count). The van der Waals surface area contributed by atoms with E-state index in [4.69, 9.17) is 0 Å². The molecule has 2 aromatic rings. The molecule has 0 aromatic heterocycles. The summed E-state index contributed by atoms with van der Waals surface area (Å²) in [5, 5.41) is 22.9. The first-order valence-electron chi connectivity index (χ1n) is 5.97. The highest BCUT2D eigenvalue weighted by molar-refractivity contribution is 5.61. The molecule has 20 heavy (non-hydrogen) atoms. The molecule has 6 heteroatoms. The van der Waals surface area contributed by atoms with Gasteiger partial charge in [0.1, 0.15) is 11.5 Å². The fraction of sp³-hybridized carbons (Fsp3) is 0.143. The number of nitro groups is 1. The van der Waals surface area contributed by atoms with Crippen molar-refractivity contribution in [2.75, 3.05) is 5.32 Å². The lowest BCUT2D eigenvalue weighted by molar-refractivity contribution is -0.384. The third kappa shape index (κ3) is 3.10. The first kappa shape index (κ1) is 14.0. The van der Waals surface area contributed by atoms with Gasteiger partial charge < -0.3 is 10.4 Å². The molecule has 0 amide bonds. The van der Waals surface area contributed by atoms with Crippen LogP contribution >= 0.6 is 0 Å². The third-order valence-electron chi connectivity index (χ3n) is 2.91. The lowest BCUT2D eigenvalue weighted by atomic mass is 10.1. The Labute approximate surface area is 114 Å². The maximum absolute atomic E-state index is 13.2. The quantitative estimate of drug-likeness (QED) is 0.650. The Bertz CT molecular complexity index is 632. The van der Waals surface area contributed by atoms with Crippen molar-refractivity contribution in [3.05, 3.63) is 69.5 Å². The van der Waals surface area contributed by atoms with Crippen molar-refractivity contribution in [2.45, 2.75) is 13.2 Å².